The van der Waals surface area contributed by atoms with Crippen LogP contribution in [-0.2, 0) is 10.2 Å². The fourth-order valence-corrected chi connectivity index (χ4v) is 4.33. The van der Waals surface area contributed by atoms with E-state index in [0.29, 0.717) is 25.6 Å². The van der Waals surface area contributed by atoms with E-state index in [1.807, 2.05) is 0 Å². The Hall–Kier alpha value is -0.170. The van der Waals surface area contributed by atoms with E-state index in [1.165, 1.54) is 6.42 Å². The average Bonchev–Trinajstić information content (AvgIpc) is 2.38. The molecule has 2 fully saturated rings. The first-order valence-electron chi connectivity index (χ1n) is 7.45. The van der Waals surface area contributed by atoms with Gasteiger partial charge in [0.1, 0.15) is 0 Å². The fraction of sp³-hybridized carbons (Fsp3) is 1.00. The van der Waals surface area contributed by atoms with Gasteiger partial charge in [0.15, 0.2) is 0 Å². The van der Waals surface area contributed by atoms with Crippen molar-refractivity contribution in [2.45, 2.75) is 57.4 Å². The molecule has 5 nitrogen and oxygen atoms in total. The molecule has 3 N–H and O–H groups in total. The topological polar surface area (TPSA) is 75.4 Å². The van der Waals surface area contributed by atoms with Crippen LogP contribution in [0.25, 0.3) is 0 Å². The van der Waals surface area contributed by atoms with E-state index in [2.05, 4.69) is 11.6 Å². The number of nitrogens with zero attached hydrogens (tertiary/aromatic N) is 1. The Morgan fingerprint density at radius 1 is 1.21 bits per heavy atom. The average molecular weight is 289 g/mol. The van der Waals surface area contributed by atoms with E-state index >= 15 is 0 Å². The lowest BCUT2D eigenvalue weighted by molar-refractivity contribution is 0.273. The summed E-state index contributed by atoms with van der Waals surface area (Å²) < 4.78 is 28.8. The molecule has 0 amide bonds. The van der Waals surface area contributed by atoms with Crippen molar-refractivity contribution in [1.29, 1.82) is 0 Å². The van der Waals surface area contributed by atoms with Gasteiger partial charge in [0.25, 0.3) is 10.2 Å². The number of hydrogen-bond acceptors (Lipinski definition) is 3. The Bertz CT molecular complexity index is 383. The number of rotatable bonds is 4. The highest BCUT2D eigenvalue weighted by Crippen LogP contribution is 2.25. The summed E-state index contributed by atoms with van der Waals surface area (Å²) in [7, 11) is -3.34. The fourth-order valence-electron chi connectivity index (χ4n) is 2.98. The number of piperidine rings is 1. The van der Waals surface area contributed by atoms with Crippen LogP contribution in [-0.4, -0.2) is 37.9 Å². The molecule has 1 heterocycles. The van der Waals surface area contributed by atoms with Gasteiger partial charge in [-0.05, 0) is 31.6 Å². The van der Waals surface area contributed by atoms with Crippen molar-refractivity contribution < 1.29 is 8.42 Å². The Kier molecular flexibility index (Phi) is 4.87. The molecule has 0 bridgehead atoms. The molecule has 0 unspecified atom stereocenters. The molecule has 1 saturated carbocycles. The molecule has 0 aromatic heterocycles. The molecule has 112 valence electrons. The van der Waals surface area contributed by atoms with Crippen molar-refractivity contribution in [2.75, 3.05) is 19.6 Å². The molecule has 0 aromatic rings. The summed E-state index contributed by atoms with van der Waals surface area (Å²) in [5, 5.41) is 0. The standard InChI is InChI=1S/C13H27N3O2S/c1-12-5-9-16(10-6-12)19(17,18)15-11-13(14)7-3-2-4-8-13/h12,15H,2-11,14H2,1H3. The van der Waals surface area contributed by atoms with Crippen molar-refractivity contribution in [1.82, 2.24) is 9.03 Å². The summed E-state index contributed by atoms with van der Waals surface area (Å²) in [6.07, 6.45) is 7.19. The molecular weight excluding hydrogens is 262 g/mol. The second kappa shape index (κ2) is 6.08. The molecule has 2 rings (SSSR count). The van der Waals surface area contributed by atoms with E-state index in [-0.39, 0.29) is 5.54 Å². The van der Waals surface area contributed by atoms with Crippen LogP contribution in [0, 0.1) is 5.92 Å². The zero-order chi connectivity index (χ0) is 13.9. The van der Waals surface area contributed by atoms with Crippen molar-refractivity contribution in [3.8, 4) is 0 Å². The Morgan fingerprint density at radius 3 is 2.37 bits per heavy atom. The van der Waals surface area contributed by atoms with Crippen LogP contribution >= 0.6 is 0 Å². The Morgan fingerprint density at radius 2 is 1.79 bits per heavy atom. The lowest BCUT2D eigenvalue weighted by Gasteiger charge is -2.35. The van der Waals surface area contributed by atoms with Crippen LogP contribution in [0.2, 0.25) is 0 Å². The second-order valence-corrected chi connectivity index (χ2v) is 8.09. The molecule has 19 heavy (non-hydrogen) atoms. The molecule has 2 aliphatic rings. The van der Waals surface area contributed by atoms with Crippen LogP contribution in [0.15, 0.2) is 0 Å². The SMILES string of the molecule is CC1CCN(S(=O)(=O)NCC2(N)CCCCC2)CC1. The van der Waals surface area contributed by atoms with Crippen molar-refractivity contribution in [3.05, 3.63) is 0 Å². The van der Waals surface area contributed by atoms with Gasteiger partial charge in [0.05, 0.1) is 0 Å². The third-order valence-corrected chi connectivity index (χ3v) is 6.09. The van der Waals surface area contributed by atoms with Crippen molar-refractivity contribution in [2.24, 2.45) is 11.7 Å². The summed E-state index contributed by atoms with van der Waals surface area (Å²) >= 11 is 0. The highest BCUT2D eigenvalue weighted by atomic mass is 32.2. The van der Waals surface area contributed by atoms with Gasteiger partial charge >= 0.3 is 0 Å². The molecule has 6 heteroatoms. The summed E-state index contributed by atoms with van der Waals surface area (Å²) in [6.45, 7) is 3.82. The Labute approximate surface area is 117 Å². The van der Waals surface area contributed by atoms with E-state index < -0.39 is 10.2 Å². The van der Waals surface area contributed by atoms with Crippen molar-refractivity contribution in [3.63, 3.8) is 0 Å². The van der Waals surface area contributed by atoms with Crippen LogP contribution in [0.1, 0.15) is 51.9 Å². The van der Waals surface area contributed by atoms with Gasteiger partial charge in [-0.15, -0.1) is 0 Å². The summed E-state index contributed by atoms with van der Waals surface area (Å²) in [5.74, 6) is 0.630. The minimum atomic E-state index is -3.34. The van der Waals surface area contributed by atoms with Gasteiger partial charge in [-0.3, -0.25) is 0 Å². The van der Waals surface area contributed by atoms with Gasteiger partial charge in [-0.25, -0.2) is 4.72 Å². The smallest absolute Gasteiger partial charge is 0.279 e. The Balaban J connectivity index is 1.87. The van der Waals surface area contributed by atoms with E-state index in [9.17, 15) is 8.42 Å². The number of hydrogen-bond donors (Lipinski definition) is 2. The molecule has 1 saturated heterocycles. The van der Waals surface area contributed by atoms with Crippen molar-refractivity contribution >= 4 is 10.2 Å². The third-order valence-electron chi connectivity index (χ3n) is 4.54. The van der Waals surface area contributed by atoms with Gasteiger partial charge in [-0.1, -0.05) is 26.2 Å². The molecule has 1 aliphatic heterocycles. The highest BCUT2D eigenvalue weighted by Gasteiger charge is 2.31. The first-order valence-corrected chi connectivity index (χ1v) is 8.89. The molecule has 0 aromatic carbocycles. The first-order chi connectivity index (χ1) is 8.91. The molecular formula is C13H27N3O2S. The van der Waals surface area contributed by atoms with Gasteiger partial charge in [0.2, 0.25) is 0 Å². The maximum Gasteiger partial charge on any atom is 0.279 e. The lowest BCUT2D eigenvalue weighted by atomic mass is 9.83. The molecule has 0 radical (unpaired) electrons. The summed E-state index contributed by atoms with van der Waals surface area (Å²) in [6, 6.07) is 0. The van der Waals surface area contributed by atoms with Crippen LogP contribution in [0.4, 0.5) is 0 Å². The van der Waals surface area contributed by atoms with E-state index in [0.717, 1.165) is 38.5 Å². The molecule has 0 atom stereocenters. The predicted octanol–water partition coefficient (Wildman–Crippen LogP) is 1.21. The monoisotopic (exact) mass is 289 g/mol. The van der Waals surface area contributed by atoms with Gasteiger partial charge < -0.3 is 5.73 Å². The largest absolute Gasteiger partial charge is 0.324 e. The highest BCUT2D eigenvalue weighted by molar-refractivity contribution is 7.87. The number of nitrogens with two attached hydrogens (primary N) is 1. The third kappa shape index (κ3) is 4.15. The predicted molar refractivity (Wildman–Crippen MR) is 76.9 cm³/mol. The quantitative estimate of drug-likeness (QED) is 0.817. The maximum absolute atomic E-state index is 12.2. The first kappa shape index (κ1) is 15.2. The maximum atomic E-state index is 12.2. The van der Waals surface area contributed by atoms with Gasteiger partial charge in [0, 0.05) is 25.2 Å². The van der Waals surface area contributed by atoms with Crippen LogP contribution in [0.3, 0.4) is 0 Å². The minimum absolute atomic E-state index is 0.339. The lowest BCUT2D eigenvalue weighted by Crippen LogP contribution is -2.54. The summed E-state index contributed by atoms with van der Waals surface area (Å²) in [4.78, 5) is 0. The second-order valence-electron chi connectivity index (χ2n) is 6.33. The zero-order valence-electron chi connectivity index (χ0n) is 11.9. The minimum Gasteiger partial charge on any atom is -0.324 e. The van der Waals surface area contributed by atoms with E-state index in [4.69, 9.17) is 5.73 Å². The zero-order valence-corrected chi connectivity index (χ0v) is 12.7. The van der Waals surface area contributed by atoms with Crippen LogP contribution < -0.4 is 10.5 Å². The summed E-state index contributed by atoms with van der Waals surface area (Å²) in [5.41, 5.74) is 5.93. The molecule has 1 aliphatic carbocycles. The van der Waals surface area contributed by atoms with Crippen LogP contribution in [0.5, 0.6) is 0 Å². The normalized spacial score (nSPS) is 26.4. The van der Waals surface area contributed by atoms with Gasteiger partial charge in [-0.2, -0.15) is 12.7 Å². The molecule has 0 spiro atoms. The number of nitrogens with one attached hydrogen (secondary N) is 1. The van der Waals surface area contributed by atoms with E-state index in [1.54, 1.807) is 4.31 Å².